The maximum atomic E-state index is 13.2. The molecule has 0 saturated carbocycles. The Hall–Kier alpha value is -1.04. The molecule has 2 unspecified atom stereocenters. The molecule has 2 rings (SSSR count). The Morgan fingerprint density at radius 1 is 1.30 bits per heavy atom. The van der Waals surface area contributed by atoms with Crippen molar-refractivity contribution >= 4 is 0 Å². The molecule has 0 radical (unpaired) electrons. The Kier molecular flexibility index (Phi) is 5.46. The molecule has 0 bridgehead atoms. The van der Waals surface area contributed by atoms with E-state index in [1.54, 1.807) is 0 Å². The minimum atomic E-state index is -0.931. The molecule has 1 aromatic rings. The highest BCUT2D eigenvalue weighted by atomic mass is 19.2. The van der Waals surface area contributed by atoms with Crippen molar-refractivity contribution in [3.05, 3.63) is 35.4 Å². The second-order valence-electron chi connectivity index (χ2n) is 5.35. The molecule has 5 heteroatoms. The number of hydrogen-bond acceptors (Lipinski definition) is 3. The summed E-state index contributed by atoms with van der Waals surface area (Å²) in [5.41, 5.74) is 0.400. The molecule has 1 aromatic carbocycles. The van der Waals surface area contributed by atoms with Gasteiger partial charge in [-0.05, 0) is 49.9 Å². The van der Waals surface area contributed by atoms with Crippen LogP contribution in [0.5, 0.6) is 0 Å². The van der Waals surface area contributed by atoms with E-state index >= 15 is 0 Å². The first-order chi connectivity index (χ1) is 9.61. The summed E-state index contributed by atoms with van der Waals surface area (Å²) in [4.78, 5) is 2.17. The second kappa shape index (κ2) is 7.11. The summed E-state index contributed by atoms with van der Waals surface area (Å²) in [6.07, 6.45) is 2.97. The summed E-state index contributed by atoms with van der Waals surface area (Å²) in [5, 5.41) is 19.0. The molecular formula is C15H21F2NO2. The fourth-order valence-corrected chi connectivity index (χ4v) is 2.84. The van der Waals surface area contributed by atoms with Gasteiger partial charge in [-0.1, -0.05) is 6.07 Å². The zero-order valence-electron chi connectivity index (χ0n) is 11.4. The topological polar surface area (TPSA) is 43.7 Å². The van der Waals surface area contributed by atoms with Crippen molar-refractivity contribution in [2.75, 3.05) is 19.7 Å². The predicted molar refractivity (Wildman–Crippen MR) is 72.2 cm³/mol. The molecule has 1 aliphatic heterocycles. The first-order valence-corrected chi connectivity index (χ1v) is 7.09. The van der Waals surface area contributed by atoms with Gasteiger partial charge in [-0.25, -0.2) is 8.78 Å². The smallest absolute Gasteiger partial charge is 0.159 e. The van der Waals surface area contributed by atoms with E-state index in [-0.39, 0.29) is 6.61 Å². The average Bonchev–Trinajstić information content (AvgIpc) is 2.86. The van der Waals surface area contributed by atoms with Crippen molar-refractivity contribution in [1.29, 1.82) is 0 Å². The first kappa shape index (κ1) is 15.4. The largest absolute Gasteiger partial charge is 0.396 e. The Morgan fingerprint density at radius 2 is 2.10 bits per heavy atom. The van der Waals surface area contributed by atoms with Crippen molar-refractivity contribution in [2.45, 2.75) is 37.8 Å². The van der Waals surface area contributed by atoms with Crippen LogP contribution in [-0.2, 0) is 0 Å². The molecule has 112 valence electrons. The van der Waals surface area contributed by atoms with E-state index in [0.29, 0.717) is 18.2 Å². The van der Waals surface area contributed by atoms with E-state index in [2.05, 4.69) is 4.90 Å². The zero-order chi connectivity index (χ0) is 14.5. The normalized spacial score (nSPS) is 21.3. The number of aliphatic hydroxyl groups is 2. The lowest BCUT2D eigenvalue weighted by atomic mass is 10.1. The molecule has 1 heterocycles. The number of aliphatic hydroxyl groups excluding tert-OH is 2. The molecule has 1 aliphatic rings. The van der Waals surface area contributed by atoms with E-state index in [1.165, 1.54) is 6.07 Å². The van der Waals surface area contributed by atoms with Crippen LogP contribution >= 0.6 is 0 Å². The van der Waals surface area contributed by atoms with Gasteiger partial charge >= 0.3 is 0 Å². The summed E-state index contributed by atoms with van der Waals surface area (Å²) in [5.74, 6) is -1.83. The van der Waals surface area contributed by atoms with Crippen molar-refractivity contribution < 1.29 is 19.0 Å². The van der Waals surface area contributed by atoms with Gasteiger partial charge in [0.1, 0.15) is 0 Å². The predicted octanol–water partition coefficient (Wildman–Crippen LogP) is 2.24. The maximum absolute atomic E-state index is 13.2. The van der Waals surface area contributed by atoms with Gasteiger partial charge < -0.3 is 10.2 Å². The molecule has 20 heavy (non-hydrogen) atoms. The first-order valence-electron chi connectivity index (χ1n) is 7.09. The molecule has 2 N–H and O–H groups in total. The van der Waals surface area contributed by atoms with Crippen LogP contribution in [0.2, 0.25) is 0 Å². The van der Waals surface area contributed by atoms with Crippen molar-refractivity contribution in [1.82, 2.24) is 4.90 Å². The third-order valence-electron chi connectivity index (χ3n) is 3.93. The standard InChI is InChI=1S/C15H21F2NO2/c16-13-6-5-11(9-14(13)17)15(20)10-18-7-1-3-12(18)4-2-8-19/h5-6,9,12,15,19-20H,1-4,7-8,10H2. The molecule has 0 spiro atoms. The summed E-state index contributed by atoms with van der Waals surface area (Å²) < 4.78 is 26.0. The lowest BCUT2D eigenvalue weighted by Gasteiger charge is -2.26. The fourth-order valence-electron chi connectivity index (χ4n) is 2.84. The zero-order valence-corrected chi connectivity index (χ0v) is 11.4. The molecule has 1 saturated heterocycles. The third kappa shape index (κ3) is 3.75. The average molecular weight is 285 g/mol. The minimum Gasteiger partial charge on any atom is -0.396 e. The highest BCUT2D eigenvalue weighted by molar-refractivity contribution is 5.20. The minimum absolute atomic E-state index is 0.177. The van der Waals surface area contributed by atoms with E-state index in [4.69, 9.17) is 5.11 Å². The highest BCUT2D eigenvalue weighted by Gasteiger charge is 2.26. The maximum Gasteiger partial charge on any atom is 0.159 e. The quantitative estimate of drug-likeness (QED) is 0.842. The fraction of sp³-hybridized carbons (Fsp3) is 0.600. The second-order valence-corrected chi connectivity index (χ2v) is 5.35. The number of β-amino-alcohol motifs (C(OH)–C–C–N with tert-alkyl or cyclic N) is 1. The van der Waals surface area contributed by atoms with Crippen molar-refractivity contribution in [3.63, 3.8) is 0 Å². The number of halogens is 2. The van der Waals surface area contributed by atoms with Crippen molar-refractivity contribution in [2.24, 2.45) is 0 Å². The van der Waals surface area contributed by atoms with Crippen LogP contribution in [0, 0.1) is 11.6 Å². The number of hydrogen-bond donors (Lipinski definition) is 2. The summed E-state index contributed by atoms with van der Waals surface area (Å²) >= 11 is 0. The van der Waals surface area contributed by atoms with Gasteiger partial charge in [-0.15, -0.1) is 0 Å². The SMILES string of the molecule is OCCCC1CCCN1CC(O)c1ccc(F)c(F)c1. The summed E-state index contributed by atoms with van der Waals surface area (Å²) in [6, 6.07) is 3.88. The van der Waals surface area contributed by atoms with Gasteiger partial charge in [-0.3, -0.25) is 4.90 Å². The monoisotopic (exact) mass is 285 g/mol. The lowest BCUT2D eigenvalue weighted by Crippen LogP contribution is -2.33. The van der Waals surface area contributed by atoms with E-state index in [1.807, 2.05) is 0 Å². The van der Waals surface area contributed by atoms with Gasteiger partial charge in [0.25, 0.3) is 0 Å². The number of nitrogens with zero attached hydrogens (tertiary/aromatic N) is 1. The van der Waals surface area contributed by atoms with E-state index in [0.717, 1.165) is 44.4 Å². The van der Waals surface area contributed by atoms with Crippen LogP contribution in [0.3, 0.4) is 0 Å². The van der Waals surface area contributed by atoms with E-state index in [9.17, 15) is 13.9 Å². The number of benzene rings is 1. The molecule has 0 aliphatic carbocycles. The summed E-state index contributed by atoms with van der Waals surface area (Å²) in [7, 11) is 0. The van der Waals surface area contributed by atoms with Crippen LogP contribution in [0.15, 0.2) is 18.2 Å². The Morgan fingerprint density at radius 3 is 2.80 bits per heavy atom. The van der Waals surface area contributed by atoms with Gasteiger partial charge in [0.05, 0.1) is 6.10 Å². The molecule has 1 fully saturated rings. The third-order valence-corrected chi connectivity index (χ3v) is 3.93. The van der Waals surface area contributed by atoms with Gasteiger partial charge in [0.15, 0.2) is 11.6 Å². The Labute approximate surface area is 117 Å². The Bertz CT molecular complexity index is 442. The number of rotatable bonds is 6. The molecule has 0 aromatic heterocycles. The molecule has 3 nitrogen and oxygen atoms in total. The van der Waals surface area contributed by atoms with Crippen LogP contribution in [0.4, 0.5) is 8.78 Å². The number of likely N-dealkylation sites (tertiary alicyclic amines) is 1. The van der Waals surface area contributed by atoms with Gasteiger partial charge in [0, 0.05) is 19.2 Å². The van der Waals surface area contributed by atoms with Crippen molar-refractivity contribution in [3.8, 4) is 0 Å². The van der Waals surface area contributed by atoms with Crippen LogP contribution in [0.25, 0.3) is 0 Å². The highest BCUT2D eigenvalue weighted by Crippen LogP contribution is 2.25. The van der Waals surface area contributed by atoms with Crippen LogP contribution in [0.1, 0.15) is 37.4 Å². The molecule has 0 amide bonds. The van der Waals surface area contributed by atoms with E-state index < -0.39 is 17.7 Å². The Balaban J connectivity index is 1.95. The molecular weight excluding hydrogens is 264 g/mol. The molecule has 2 atom stereocenters. The van der Waals surface area contributed by atoms with Crippen LogP contribution < -0.4 is 0 Å². The van der Waals surface area contributed by atoms with Crippen LogP contribution in [-0.4, -0.2) is 40.9 Å². The van der Waals surface area contributed by atoms with Gasteiger partial charge in [-0.2, -0.15) is 0 Å². The summed E-state index contributed by atoms with van der Waals surface area (Å²) in [6.45, 7) is 1.49. The van der Waals surface area contributed by atoms with Gasteiger partial charge in [0.2, 0.25) is 0 Å². The lowest BCUT2D eigenvalue weighted by molar-refractivity contribution is 0.101.